The zero-order chi connectivity index (χ0) is 13.8. The molecule has 5 heteroatoms. The van der Waals surface area contributed by atoms with Gasteiger partial charge in [0.1, 0.15) is 17.6 Å². The van der Waals surface area contributed by atoms with Crippen LogP contribution in [-0.2, 0) is 0 Å². The Morgan fingerprint density at radius 1 is 1.26 bits per heavy atom. The van der Waals surface area contributed by atoms with Gasteiger partial charge in [0, 0.05) is 6.07 Å². The van der Waals surface area contributed by atoms with Gasteiger partial charge < -0.3 is 4.74 Å². The Hall–Kier alpha value is -2.87. The van der Waals surface area contributed by atoms with Gasteiger partial charge in [0.15, 0.2) is 0 Å². The number of nitro benzene ring substituents is 1. The normalized spacial score (nSPS) is 9.68. The van der Waals surface area contributed by atoms with Gasteiger partial charge in [-0.05, 0) is 30.7 Å². The van der Waals surface area contributed by atoms with Crippen LogP contribution < -0.4 is 4.74 Å². The van der Waals surface area contributed by atoms with Crippen LogP contribution in [0.25, 0.3) is 0 Å². The molecule has 0 bridgehead atoms. The average Bonchev–Trinajstić information content (AvgIpc) is 2.39. The molecule has 94 valence electrons. The van der Waals surface area contributed by atoms with Gasteiger partial charge >= 0.3 is 0 Å². The monoisotopic (exact) mass is 254 g/mol. The Labute approximate surface area is 109 Å². The van der Waals surface area contributed by atoms with Crippen LogP contribution in [0.15, 0.2) is 42.5 Å². The van der Waals surface area contributed by atoms with Crippen molar-refractivity contribution in [2.24, 2.45) is 0 Å². The van der Waals surface area contributed by atoms with Gasteiger partial charge in [-0.1, -0.05) is 12.1 Å². The molecular formula is C14H10N2O3. The number of ether oxygens (including phenoxy) is 1. The number of non-ortho nitro benzene ring substituents is 1. The van der Waals surface area contributed by atoms with Crippen molar-refractivity contribution in [3.8, 4) is 17.6 Å². The lowest BCUT2D eigenvalue weighted by molar-refractivity contribution is -0.384. The summed E-state index contributed by atoms with van der Waals surface area (Å²) in [5.74, 6) is 0.722. The molecule has 0 heterocycles. The van der Waals surface area contributed by atoms with Gasteiger partial charge in [0.25, 0.3) is 5.69 Å². The lowest BCUT2D eigenvalue weighted by Crippen LogP contribution is -1.91. The number of rotatable bonds is 3. The summed E-state index contributed by atoms with van der Waals surface area (Å²) < 4.78 is 5.55. The van der Waals surface area contributed by atoms with Crippen LogP contribution in [0.2, 0.25) is 0 Å². The minimum Gasteiger partial charge on any atom is -0.456 e. The predicted molar refractivity (Wildman–Crippen MR) is 69.1 cm³/mol. The Morgan fingerprint density at radius 3 is 2.74 bits per heavy atom. The van der Waals surface area contributed by atoms with Crippen molar-refractivity contribution in [1.82, 2.24) is 0 Å². The molecule has 0 amide bonds. The second kappa shape index (κ2) is 5.19. The maximum atomic E-state index is 10.7. The van der Waals surface area contributed by atoms with Crippen molar-refractivity contribution in [2.45, 2.75) is 6.92 Å². The first kappa shape index (κ1) is 12.6. The second-order valence-electron chi connectivity index (χ2n) is 3.97. The fourth-order valence-corrected chi connectivity index (χ4v) is 1.59. The van der Waals surface area contributed by atoms with E-state index in [1.165, 1.54) is 18.2 Å². The van der Waals surface area contributed by atoms with Crippen LogP contribution in [0.5, 0.6) is 11.5 Å². The third-order valence-corrected chi connectivity index (χ3v) is 2.51. The summed E-state index contributed by atoms with van der Waals surface area (Å²) in [5.41, 5.74) is 1.28. The molecule has 2 rings (SSSR count). The molecule has 2 aromatic carbocycles. The zero-order valence-corrected chi connectivity index (χ0v) is 10.2. The fraction of sp³-hybridized carbons (Fsp3) is 0.0714. The molecule has 0 spiro atoms. The lowest BCUT2D eigenvalue weighted by atomic mass is 10.1. The highest BCUT2D eigenvalue weighted by Gasteiger charge is 2.09. The highest BCUT2D eigenvalue weighted by Crippen LogP contribution is 2.28. The molecule has 0 N–H and O–H groups in total. The molecule has 0 atom stereocenters. The van der Waals surface area contributed by atoms with Crippen molar-refractivity contribution in [3.63, 3.8) is 0 Å². The molecule has 5 nitrogen and oxygen atoms in total. The quantitative estimate of drug-likeness (QED) is 0.619. The number of aryl methyl sites for hydroxylation is 1. The Morgan fingerprint density at radius 2 is 2.05 bits per heavy atom. The molecule has 0 saturated carbocycles. The number of benzene rings is 2. The van der Waals surface area contributed by atoms with E-state index in [0.717, 1.165) is 5.56 Å². The molecular weight excluding hydrogens is 244 g/mol. The van der Waals surface area contributed by atoms with Crippen molar-refractivity contribution < 1.29 is 9.66 Å². The van der Waals surface area contributed by atoms with Crippen molar-refractivity contribution >= 4 is 5.69 Å². The van der Waals surface area contributed by atoms with Crippen molar-refractivity contribution in [1.29, 1.82) is 5.26 Å². The van der Waals surface area contributed by atoms with Crippen molar-refractivity contribution in [2.75, 3.05) is 0 Å². The summed E-state index contributed by atoms with van der Waals surface area (Å²) in [6.07, 6.45) is 0. The maximum absolute atomic E-state index is 10.7. The molecule has 0 saturated heterocycles. The Kier molecular flexibility index (Phi) is 3.44. The highest BCUT2D eigenvalue weighted by atomic mass is 16.6. The highest BCUT2D eigenvalue weighted by molar-refractivity contribution is 5.48. The van der Waals surface area contributed by atoms with Crippen LogP contribution in [0, 0.1) is 28.4 Å². The van der Waals surface area contributed by atoms with Crippen LogP contribution >= 0.6 is 0 Å². The van der Waals surface area contributed by atoms with E-state index in [1.807, 2.05) is 13.0 Å². The third kappa shape index (κ3) is 2.87. The van der Waals surface area contributed by atoms with E-state index in [1.54, 1.807) is 24.3 Å². The van der Waals surface area contributed by atoms with E-state index < -0.39 is 4.92 Å². The first-order chi connectivity index (χ1) is 9.10. The standard InChI is InChI=1S/C14H10N2O3/c1-10-5-6-11(9-15)14(7-10)19-13-4-2-3-12(8-13)16(17)18/h2-8H,1H3. The third-order valence-electron chi connectivity index (χ3n) is 2.51. The van der Waals surface area contributed by atoms with Crippen LogP contribution in [0.3, 0.4) is 0 Å². The summed E-state index contributed by atoms with van der Waals surface area (Å²) in [7, 11) is 0. The number of hydrogen-bond donors (Lipinski definition) is 0. The predicted octanol–water partition coefficient (Wildman–Crippen LogP) is 3.57. The largest absolute Gasteiger partial charge is 0.456 e. The van der Waals surface area contributed by atoms with Gasteiger partial charge in [0.2, 0.25) is 0 Å². The molecule has 0 unspecified atom stereocenters. The molecule has 19 heavy (non-hydrogen) atoms. The molecule has 0 aromatic heterocycles. The van der Waals surface area contributed by atoms with Crippen molar-refractivity contribution in [3.05, 3.63) is 63.7 Å². The summed E-state index contributed by atoms with van der Waals surface area (Å²) in [6.45, 7) is 1.88. The summed E-state index contributed by atoms with van der Waals surface area (Å²) in [5, 5.41) is 19.7. The molecule has 0 fully saturated rings. The Bertz CT molecular complexity index is 675. The minimum absolute atomic E-state index is 0.0522. The fourth-order valence-electron chi connectivity index (χ4n) is 1.59. The van der Waals surface area contributed by atoms with E-state index >= 15 is 0 Å². The van der Waals surface area contributed by atoms with E-state index in [2.05, 4.69) is 0 Å². The summed E-state index contributed by atoms with van der Waals surface area (Å²) in [6, 6.07) is 13.1. The average molecular weight is 254 g/mol. The maximum Gasteiger partial charge on any atom is 0.273 e. The Balaban J connectivity index is 2.36. The molecule has 0 aliphatic rings. The SMILES string of the molecule is Cc1ccc(C#N)c(Oc2cccc([N+](=O)[O-])c2)c1. The molecule has 0 aliphatic heterocycles. The topological polar surface area (TPSA) is 76.2 Å². The molecule has 2 aromatic rings. The minimum atomic E-state index is -0.492. The summed E-state index contributed by atoms with van der Waals surface area (Å²) >= 11 is 0. The molecule has 0 aliphatic carbocycles. The van der Waals surface area contributed by atoms with Gasteiger partial charge in [0.05, 0.1) is 16.6 Å². The number of nitro groups is 1. The van der Waals surface area contributed by atoms with Gasteiger partial charge in [-0.3, -0.25) is 10.1 Å². The first-order valence-electron chi connectivity index (χ1n) is 5.53. The van der Waals surface area contributed by atoms with Crippen LogP contribution in [-0.4, -0.2) is 4.92 Å². The zero-order valence-electron chi connectivity index (χ0n) is 10.2. The van der Waals surface area contributed by atoms with E-state index in [9.17, 15) is 10.1 Å². The van der Waals surface area contributed by atoms with Gasteiger partial charge in [-0.15, -0.1) is 0 Å². The molecule has 0 radical (unpaired) electrons. The first-order valence-corrected chi connectivity index (χ1v) is 5.53. The van der Waals surface area contributed by atoms with E-state index in [-0.39, 0.29) is 5.69 Å². The number of hydrogen-bond acceptors (Lipinski definition) is 4. The van der Waals surface area contributed by atoms with Gasteiger partial charge in [-0.2, -0.15) is 5.26 Å². The number of nitrogens with zero attached hydrogens (tertiary/aromatic N) is 2. The number of nitriles is 1. The van der Waals surface area contributed by atoms with Crippen LogP contribution in [0.1, 0.15) is 11.1 Å². The summed E-state index contributed by atoms with van der Waals surface area (Å²) in [4.78, 5) is 10.2. The van der Waals surface area contributed by atoms with Crippen LogP contribution in [0.4, 0.5) is 5.69 Å². The second-order valence-corrected chi connectivity index (χ2v) is 3.97. The lowest BCUT2D eigenvalue weighted by Gasteiger charge is -2.07. The van der Waals surface area contributed by atoms with E-state index in [4.69, 9.17) is 10.00 Å². The smallest absolute Gasteiger partial charge is 0.273 e. The van der Waals surface area contributed by atoms with Gasteiger partial charge in [-0.25, -0.2) is 0 Å². The van der Waals surface area contributed by atoms with E-state index in [0.29, 0.717) is 17.1 Å².